The summed E-state index contributed by atoms with van der Waals surface area (Å²) in [6.07, 6.45) is 16.8. The van der Waals surface area contributed by atoms with Gasteiger partial charge in [-0.05, 0) is 53.3 Å². The molecule has 0 heteroatoms. The molecule has 0 bridgehead atoms. The van der Waals surface area contributed by atoms with Crippen LogP contribution in [0, 0.1) is 6.92 Å². The molecular formula is C28H38. The summed E-state index contributed by atoms with van der Waals surface area (Å²) in [7, 11) is 0. The Kier molecular flexibility index (Phi) is 8.40. The molecule has 0 spiro atoms. The van der Waals surface area contributed by atoms with Crippen LogP contribution < -0.4 is 0 Å². The van der Waals surface area contributed by atoms with Crippen molar-refractivity contribution < 1.29 is 0 Å². The van der Waals surface area contributed by atoms with Crippen LogP contribution in [-0.2, 0) is 6.42 Å². The van der Waals surface area contributed by atoms with Crippen molar-refractivity contribution in [1.82, 2.24) is 0 Å². The van der Waals surface area contributed by atoms with E-state index in [0.717, 1.165) is 0 Å². The van der Waals surface area contributed by atoms with Crippen LogP contribution >= 0.6 is 0 Å². The Labute approximate surface area is 172 Å². The highest BCUT2D eigenvalue weighted by Gasteiger charge is 2.09. The first kappa shape index (κ1) is 20.9. The molecule has 150 valence electrons. The van der Waals surface area contributed by atoms with Gasteiger partial charge in [-0.25, -0.2) is 0 Å². The number of hydrogen-bond donors (Lipinski definition) is 0. The third-order valence-corrected chi connectivity index (χ3v) is 6.10. The number of aryl methyl sites for hydroxylation is 2. The second-order valence-corrected chi connectivity index (χ2v) is 8.63. The van der Waals surface area contributed by atoms with Crippen molar-refractivity contribution in [2.24, 2.45) is 0 Å². The fourth-order valence-corrected chi connectivity index (χ4v) is 4.41. The van der Waals surface area contributed by atoms with Gasteiger partial charge in [-0.2, -0.15) is 0 Å². The first-order valence-electron chi connectivity index (χ1n) is 11.7. The van der Waals surface area contributed by atoms with Crippen molar-refractivity contribution in [3.63, 3.8) is 0 Å². The highest BCUT2D eigenvalue weighted by molar-refractivity contribution is 6.02. The molecular weight excluding hydrogens is 336 g/mol. The normalized spacial score (nSPS) is 11.5. The summed E-state index contributed by atoms with van der Waals surface area (Å²) in [6.45, 7) is 4.47. The van der Waals surface area contributed by atoms with Crippen molar-refractivity contribution in [1.29, 1.82) is 0 Å². The van der Waals surface area contributed by atoms with Crippen LogP contribution in [-0.4, -0.2) is 0 Å². The van der Waals surface area contributed by atoms with Crippen molar-refractivity contribution in [2.75, 3.05) is 0 Å². The highest BCUT2D eigenvalue weighted by Crippen LogP contribution is 2.34. The Balaban J connectivity index is 1.40. The molecule has 0 amide bonds. The summed E-state index contributed by atoms with van der Waals surface area (Å²) < 4.78 is 0. The van der Waals surface area contributed by atoms with E-state index in [1.165, 1.54) is 110 Å². The molecule has 0 radical (unpaired) electrons. The van der Waals surface area contributed by atoms with E-state index in [0.29, 0.717) is 0 Å². The van der Waals surface area contributed by atoms with Crippen molar-refractivity contribution in [3.8, 4) is 11.1 Å². The minimum absolute atomic E-state index is 1.22. The minimum Gasteiger partial charge on any atom is -0.0654 e. The van der Waals surface area contributed by atoms with Crippen LogP contribution in [0.4, 0.5) is 0 Å². The lowest BCUT2D eigenvalue weighted by atomic mass is 10.0. The summed E-state index contributed by atoms with van der Waals surface area (Å²) in [6, 6.07) is 18.4. The number of fused-ring (bicyclic) bond motifs is 3. The molecule has 0 saturated carbocycles. The fraction of sp³-hybridized carbons (Fsp3) is 0.500. The summed E-state index contributed by atoms with van der Waals surface area (Å²) in [5.74, 6) is 0. The van der Waals surface area contributed by atoms with Crippen molar-refractivity contribution >= 4 is 10.8 Å². The molecule has 0 unspecified atom stereocenters. The summed E-state index contributed by atoms with van der Waals surface area (Å²) in [5.41, 5.74) is 5.58. The monoisotopic (exact) mass is 374 g/mol. The third kappa shape index (κ3) is 6.09. The molecule has 2 aliphatic rings. The zero-order valence-electron chi connectivity index (χ0n) is 18.1. The first-order chi connectivity index (χ1) is 13.8. The quantitative estimate of drug-likeness (QED) is 0.277. The van der Waals surface area contributed by atoms with E-state index in [1.54, 1.807) is 0 Å². The van der Waals surface area contributed by atoms with E-state index in [4.69, 9.17) is 0 Å². The van der Waals surface area contributed by atoms with Gasteiger partial charge in [-0.15, -0.1) is 0 Å². The highest BCUT2D eigenvalue weighted by atomic mass is 14.1. The van der Waals surface area contributed by atoms with E-state index in [1.807, 2.05) is 0 Å². The summed E-state index contributed by atoms with van der Waals surface area (Å²) in [5, 5.41) is 2.80. The van der Waals surface area contributed by atoms with Crippen LogP contribution in [0.5, 0.6) is 0 Å². The zero-order chi connectivity index (χ0) is 19.6. The predicted molar refractivity (Wildman–Crippen MR) is 125 cm³/mol. The molecule has 2 aliphatic carbocycles. The average molecular weight is 375 g/mol. The molecule has 0 nitrogen and oxygen atoms in total. The molecule has 0 fully saturated rings. The lowest BCUT2D eigenvalue weighted by Gasteiger charge is -2.04. The summed E-state index contributed by atoms with van der Waals surface area (Å²) >= 11 is 0. The predicted octanol–water partition coefficient (Wildman–Crippen LogP) is 9.11. The topological polar surface area (TPSA) is 0 Å². The van der Waals surface area contributed by atoms with Gasteiger partial charge in [0.05, 0.1) is 0 Å². The maximum atomic E-state index is 2.43. The largest absolute Gasteiger partial charge is 0.0654 e. The number of unbranched alkanes of at least 4 members (excludes halogenated alkanes) is 10. The van der Waals surface area contributed by atoms with Gasteiger partial charge in [0, 0.05) is 0 Å². The Morgan fingerprint density at radius 2 is 1.32 bits per heavy atom. The molecule has 0 aliphatic heterocycles. The average Bonchev–Trinajstić information content (AvgIpc) is 2.91. The van der Waals surface area contributed by atoms with E-state index >= 15 is 0 Å². The SMILES string of the molecule is CCCCCCCCCCCCCc1ccc2cc3cc(C)cccc-3c2c1. The molecule has 0 saturated heterocycles. The van der Waals surface area contributed by atoms with Gasteiger partial charge in [0.25, 0.3) is 0 Å². The molecule has 28 heavy (non-hydrogen) atoms. The Morgan fingerprint density at radius 1 is 0.643 bits per heavy atom. The van der Waals surface area contributed by atoms with E-state index in [9.17, 15) is 0 Å². The van der Waals surface area contributed by atoms with Crippen LogP contribution in [0.1, 0.15) is 88.7 Å². The van der Waals surface area contributed by atoms with Gasteiger partial charge in [0.1, 0.15) is 0 Å². The first-order valence-corrected chi connectivity index (χ1v) is 11.7. The molecule has 0 atom stereocenters. The van der Waals surface area contributed by atoms with Crippen LogP contribution in [0.2, 0.25) is 0 Å². The maximum Gasteiger partial charge on any atom is -0.0102 e. The molecule has 0 aromatic heterocycles. The number of rotatable bonds is 12. The van der Waals surface area contributed by atoms with Gasteiger partial charge in [0.2, 0.25) is 0 Å². The number of benzene rings is 1. The number of hydrogen-bond acceptors (Lipinski definition) is 0. The van der Waals surface area contributed by atoms with E-state index < -0.39 is 0 Å². The Bertz CT molecular complexity index is 814. The lowest BCUT2D eigenvalue weighted by molar-refractivity contribution is 0.549. The molecule has 3 rings (SSSR count). The van der Waals surface area contributed by atoms with Gasteiger partial charge in [-0.3, -0.25) is 0 Å². The maximum absolute atomic E-state index is 2.43. The lowest BCUT2D eigenvalue weighted by Crippen LogP contribution is -1.87. The Hall–Kier alpha value is -1.82. The van der Waals surface area contributed by atoms with E-state index in [2.05, 4.69) is 62.4 Å². The van der Waals surface area contributed by atoms with Crippen LogP contribution in [0.3, 0.4) is 0 Å². The van der Waals surface area contributed by atoms with Crippen molar-refractivity contribution in [2.45, 2.75) is 90.9 Å². The second-order valence-electron chi connectivity index (χ2n) is 8.63. The van der Waals surface area contributed by atoms with Gasteiger partial charge in [-0.1, -0.05) is 119 Å². The smallest absolute Gasteiger partial charge is 0.0102 e. The van der Waals surface area contributed by atoms with Gasteiger partial charge >= 0.3 is 0 Å². The molecule has 1 aromatic rings. The molecule has 1 aromatic carbocycles. The van der Waals surface area contributed by atoms with Gasteiger partial charge in [0.15, 0.2) is 0 Å². The van der Waals surface area contributed by atoms with Crippen LogP contribution in [0.25, 0.3) is 21.9 Å². The summed E-state index contributed by atoms with van der Waals surface area (Å²) in [4.78, 5) is 0. The van der Waals surface area contributed by atoms with Gasteiger partial charge < -0.3 is 0 Å². The third-order valence-electron chi connectivity index (χ3n) is 6.10. The zero-order valence-corrected chi connectivity index (χ0v) is 18.1. The Morgan fingerprint density at radius 3 is 2.04 bits per heavy atom. The van der Waals surface area contributed by atoms with Crippen LogP contribution in [0.15, 0.2) is 48.5 Å². The van der Waals surface area contributed by atoms with Crippen molar-refractivity contribution in [3.05, 3.63) is 59.7 Å². The minimum atomic E-state index is 1.22. The van der Waals surface area contributed by atoms with E-state index in [-0.39, 0.29) is 0 Å². The fourth-order valence-electron chi connectivity index (χ4n) is 4.41. The standard InChI is InChI=1S/C28H38/c1-3-4-5-6-7-8-9-10-11-12-13-16-24-18-19-25-22-26-20-23(2)15-14-17-27(26)28(25)21-24/h14-15,17-22H,3-13,16H2,1-2H3. The molecule has 0 N–H and O–H groups in total. The second kappa shape index (κ2) is 11.2. The molecule has 0 heterocycles.